The van der Waals surface area contributed by atoms with E-state index >= 15 is 0 Å². The van der Waals surface area contributed by atoms with Crippen LogP contribution in [0.3, 0.4) is 0 Å². The maximum Gasteiger partial charge on any atom is 0.323 e. The van der Waals surface area contributed by atoms with E-state index in [1.165, 1.54) is 14.2 Å². The average Bonchev–Trinajstić information content (AvgIpc) is 3.19. The zero-order valence-corrected chi connectivity index (χ0v) is 35.8. The molecule has 60 heavy (non-hydrogen) atoms. The van der Waals surface area contributed by atoms with Gasteiger partial charge in [-0.15, -0.1) is 0 Å². The highest BCUT2D eigenvalue weighted by molar-refractivity contribution is 7.92. The number of carbonyl (C=O) groups is 3. The van der Waals surface area contributed by atoms with Crippen LogP contribution in [-0.4, -0.2) is 69.9 Å². The number of pyridine rings is 1. The van der Waals surface area contributed by atoms with Crippen molar-refractivity contribution in [1.82, 2.24) is 10.3 Å². The summed E-state index contributed by atoms with van der Waals surface area (Å²) in [5.41, 5.74) is 3.54. The number of benzene rings is 4. The van der Waals surface area contributed by atoms with Crippen molar-refractivity contribution in [2.24, 2.45) is 0 Å². The van der Waals surface area contributed by atoms with Crippen LogP contribution in [0, 0.1) is 0 Å². The topological polar surface area (TPSA) is 194 Å². The normalized spacial score (nSPS) is 12.1. The van der Waals surface area contributed by atoms with Crippen molar-refractivity contribution >= 4 is 55.6 Å². The summed E-state index contributed by atoms with van der Waals surface area (Å²) >= 11 is 0. The molecule has 0 aliphatic rings. The number of nitrogens with zero attached hydrogens (tertiary/aromatic N) is 1. The van der Waals surface area contributed by atoms with Crippen molar-refractivity contribution in [1.29, 1.82) is 0 Å². The molecule has 0 aliphatic heterocycles. The maximum absolute atomic E-state index is 13.5. The fourth-order valence-electron chi connectivity index (χ4n) is 6.76. The van der Waals surface area contributed by atoms with E-state index in [9.17, 15) is 27.9 Å². The van der Waals surface area contributed by atoms with Gasteiger partial charge in [-0.05, 0) is 78.9 Å². The second-order valence-electron chi connectivity index (χ2n) is 15.5. The number of carboxylic acid groups (broad SMARTS) is 1. The largest absolute Gasteiger partial charge is 0.496 e. The number of hydrogen-bond donors (Lipinski definition) is 5. The molecule has 0 bridgehead atoms. The van der Waals surface area contributed by atoms with Crippen LogP contribution in [-0.2, 0) is 26.7 Å². The summed E-state index contributed by atoms with van der Waals surface area (Å²) in [4.78, 5) is 42.3. The van der Waals surface area contributed by atoms with Gasteiger partial charge in [0.25, 0.3) is 0 Å². The first-order chi connectivity index (χ1) is 28.5. The molecule has 1 atom stereocenters. The average molecular weight is 840 g/mol. The number of likely N-dealkylation sites (N-methyl/N-ethyl adjacent to an activating group) is 1. The van der Waals surface area contributed by atoms with Crippen molar-refractivity contribution < 1.29 is 42.1 Å². The van der Waals surface area contributed by atoms with Crippen LogP contribution < -0.4 is 34.9 Å². The van der Waals surface area contributed by atoms with Gasteiger partial charge in [0.05, 0.1) is 43.1 Å². The summed E-state index contributed by atoms with van der Waals surface area (Å²) < 4.78 is 44.4. The Kier molecular flexibility index (Phi) is 14.7. The molecule has 318 valence electrons. The number of carbonyl (C=O) groups excluding carboxylic acids is 2. The molecule has 0 radical (unpaired) electrons. The number of carboxylic acids is 1. The highest BCUT2D eigenvalue weighted by Crippen LogP contribution is 2.40. The van der Waals surface area contributed by atoms with E-state index in [1.54, 1.807) is 49.6 Å². The number of aromatic nitrogens is 1. The van der Waals surface area contributed by atoms with Gasteiger partial charge in [0.15, 0.2) is 11.5 Å². The number of anilines is 3. The van der Waals surface area contributed by atoms with Gasteiger partial charge in [-0.1, -0.05) is 63.9 Å². The number of Topliss-reactive ketones (excluding diaryl/α,β-unsaturated/α-hetero) is 1. The van der Waals surface area contributed by atoms with Crippen molar-refractivity contribution in [3.63, 3.8) is 0 Å². The Morgan fingerprint density at radius 3 is 2.20 bits per heavy atom. The van der Waals surface area contributed by atoms with Crippen LogP contribution in [0.1, 0.15) is 80.1 Å². The summed E-state index contributed by atoms with van der Waals surface area (Å²) in [5.74, 6) is 0.837. The first-order valence-electron chi connectivity index (χ1n) is 19.5. The van der Waals surface area contributed by atoms with Crippen LogP contribution in [0.5, 0.6) is 23.0 Å². The standard InChI is InChI=1S/C45H53N5O9S/c1-45(2,3)29-25-37(42(58-6)38(26-29)50-60(7,55)56)49-44(54)48-35-19-20-40(33-14-12-11-13-32(33)35)59-31-21-22-47-30(27-31)23-28-17-18-34(41(24-28)57-5)39(51)16-10-8-9-15-36(46-4)43(52)53/h11-14,17-22,24-27,36,46,50H,8-10,15-16,23H2,1-7H3,(H,52,53)(H2,48,49,54)/t36-/m0/s1. The first-order valence-corrected chi connectivity index (χ1v) is 21.4. The molecule has 4 aromatic carbocycles. The second-order valence-corrected chi connectivity index (χ2v) is 17.2. The SMILES string of the molecule is CN[C@@H](CCCCCC(=O)c1ccc(Cc2cc(Oc3ccc(NC(=O)Nc4cc(C(C)(C)C)cc(NS(C)(=O)=O)c4OC)c4ccccc34)ccn2)cc1OC)C(=O)O. The number of nitrogens with one attached hydrogen (secondary N) is 4. The lowest BCUT2D eigenvalue weighted by atomic mass is 9.86. The molecule has 0 aliphatic carbocycles. The summed E-state index contributed by atoms with van der Waals surface area (Å²) in [6.45, 7) is 5.94. The van der Waals surface area contributed by atoms with Gasteiger partial charge < -0.3 is 35.3 Å². The fraction of sp³-hybridized carbons (Fsp3) is 0.333. The molecular formula is C45H53N5O9S. The van der Waals surface area contributed by atoms with Crippen molar-refractivity contribution in [3.05, 3.63) is 107 Å². The monoisotopic (exact) mass is 839 g/mol. The lowest BCUT2D eigenvalue weighted by Crippen LogP contribution is -2.33. The van der Waals surface area contributed by atoms with Crippen molar-refractivity contribution in [3.8, 4) is 23.0 Å². The third kappa shape index (κ3) is 11.9. The molecule has 1 heterocycles. The van der Waals surface area contributed by atoms with E-state index in [4.69, 9.17) is 14.2 Å². The Labute approximate surface area is 351 Å². The van der Waals surface area contributed by atoms with E-state index in [0.717, 1.165) is 40.3 Å². The van der Waals surface area contributed by atoms with Gasteiger partial charge in [-0.3, -0.25) is 19.3 Å². The Bertz CT molecular complexity index is 2470. The zero-order valence-electron chi connectivity index (χ0n) is 35.0. The van der Waals surface area contributed by atoms with E-state index in [0.29, 0.717) is 60.6 Å². The number of amides is 2. The minimum Gasteiger partial charge on any atom is -0.496 e. The first kappa shape index (κ1) is 44.9. The number of fused-ring (bicyclic) bond motifs is 1. The molecule has 5 rings (SSSR count). The predicted octanol–water partition coefficient (Wildman–Crippen LogP) is 8.75. The summed E-state index contributed by atoms with van der Waals surface area (Å²) in [6.07, 6.45) is 6.10. The molecule has 1 aromatic heterocycles. The third-order valence-electron chi connectivity index (χ3n) is 9.85. The van der Waals surface area contributed by atoms with E-state index < -0.39 is 28.1 Å². The number of methoxy groups -OCH3 is 2. The lowest BCUT2D eigenvalue weighted by Gasteiger charge is -2.24. The molecule has 0 fully saturated rings. The summed E-state index contributed by atoms with van der Waals surface area (Å²) in [5, 5.41) is 19.2. The maximum atomic E-state index is 13.5. The highest BCUT2D eigenvalue weighted by atomic mass is 32.2. The molecule has 14 nitrogen and oxygen atoms in total. The van der Waals surface area contributed by atoms with Gasteiger partial charge in [0.1, 0.15) is 23.3 Å². The number of ketones is 1. The van der Waals surface area contributed by atoms with Gasteiger partial charge in [-0.2, -0.15) is 0 Å². The molecule has 5 N–H and O–H groups in total. The van der Waals surface area contributed by atoms with Crippen LogP contribution in [0.25, 0.3) is 10.8 Å². The van der Waals surface area contributed by atoms with Crippen molar-refractivity contribution in [2.45, 2.75) is 70.8 Å². The molecule has 2 amide bonds. The fourth-order valence-corrected chi connectivity index (χ4v) is 7.31. The molecule has 0 saturated carbocycles. The number of ether oxygens (including phenoxy) is 3. The highest BCUT2D eigenvalue weighted by Gasteiger charge is 2.23. The molecule has 0 unspecified atom stereocenters. The molecular weight excluding hydrogens is 787 g/mol. The van der Waals surface area contributed by atoms with Crippen LogP contribution in [0.4, 0.5) is 21.9 Å². The minimum atomic E-state index is -3.65. The van der Waals surface area contributed by atoms with Crippen LogP contribution in [0.15, 0.2) is 85.1 Å². The van der Waals surface area contributed by atoms with Crippen LogP contribution >= 0.6 is 0 Å². The number of rotatable bonds is 19. The Morgan fingerprint density at radius 2 is 1.53 bits per heavy atom. The Morgan fingerprint density at radius 1 is 0.817 bits per heavy atom. The predicted molar refractivity (Wildman–Crippen MR) is 235 cm³/mol. The number of urea groups is 1. The second kappa shape index (κ2) is 19.7. The molecule has 0 saturated heterocycles. The molecule has 5 aromatic rings. The molecule has 0 spiro atoms. The van der Waals surface area contributed by atoms with Gasteiger partial charge in [0, 0.05) is 41.6 Å². The van der Waals surface area contributed by atoms with E-state index in [2.05, 4.69) is 25.7 Å². The zero-order chi connectivity index (χ0) is 43.6. The lowest BCUT2D eigenvalue weighted by molar-refractivity contribution is -0.139. The van der Waals surface area contributed by atoms with Gasteiger partial charge >= 0.3 is 12.0 Å². The smallest absolute Gasteiger partial charge is 0.323 e. The number of aliphatic carboxylic acids is 1. The Hall–Kier alpha value is -6.19. The number of sulfonamides is 1. The van der Waals surface area contributed by atoms with Gasteiger partial charge in [-0.25, -0.2) is 13.2 Å². The van der Waals surface area contributed by atoms with E-state index in [-0.39, 0.29) is 28.3 Å². The summed E-state index contributed by atoms with van der Waals surface area (Å²) in [7, 11) is 0.911. The Balaban J connectivity index is 1.28. The van der Waals surface area contributed by atoms with Crippen molar-refractivity contribution in [2.75, 3.05) is 42.9 Å². The molecule has 15 heteroatoms. The summed E-state index contributed by atoms with van der Waals surface area (Å²) in [6, 6.07) is 22.4. The quantitative estimate of drug-likeness (QED) is 0.0394. The van der Waals surface area contributed by atoms with Gasteiger partial charge in [0.2, 0.25) is 10.0 Å². The minimum absolute atomic E-state index is 0.0337. The van der Waals surface area contributed by atoms with Crippen LogP contribution in [0.2, 0.25) is 0 Å². The number of hydrogen-bond acceptors (Lipinski definition) is 10. The number of unbranched alkanes of at least 4 members (excludes halogenated alkanes) is 2. The third-order valence-corrected chi connectivity index (χ3v) is 10.4. The van der Waals surface area contributed by atoms with E-state index in [1.807, 2.05) is 63.2 Å².